The van der Waals surface area contributed by atoms with Gasteiger partial charge in [0.1, 0.15) is 5.69 Å². The molecule has 19 heavy (non-hydrogen) atoms. The highest BCUT2D eigenvalue weighted by Gasteiger charge is 2.05. The number of likely N-dealkylation sites (N-methyl/N-ethyl adjacent to an activating group) is 1. The molecule has 2 rings (SSSR count). The molecule has 2 N–H and O–H groups in total. The number of benzene rings is 1. The quantitative estimate of drug-likeness (QED) is 0.613. The molecule has 0 atom stereocenters. The highest BCUT2D eigenvalue weighted by Crippen LogP contribution is 2.14. The van der Waals surface area contributed by atoms with E-state index in [1.807, 2.05) is 25.4 Å². The molecule has 3 heteroatoms. The van der Waals surface area contributed by atoms with Gasteiger partial charge < -0.3 is 5.32 Å². The number of aromatic nitrogens is 1. The fourth-order valence-electron chi connectivity index (χ4n) is 1.97. The molecule has 0 aliphatic carbocycles. The number of hydrogen-bond donors (Lipinski definition) is 2. The minimum absolute atomic E-state index is 1.03. The number of pyridine rings is 1. The molecular weight excluding hydrogens is 234 g/mol. The van der Waals surface area contributed by atoms with Crippen molar-refractivity contribution in [3.05, 3.63) is 54.2 Å². The molecule has 0 unspecified atom stereocenters. The topological polar surface area (TPSA) is 27.9 Å². The van der Waals surface area contributed by atoms with Crippen LogP contribution >= 0.6 is 0 Å². The van der Waals surface area contributed by atoms with Gasteiger partial charge >= 0.3 is 0 Å². The maximum atomic E-state index is 3.41. The Morgan fingerprint density at radius 1 is 1.05 bits per heavy atom. The summed E-state index contributed by atoms with van der Waals surface area (Å²) in [5.41, 5.74) is 2.48. The van der Waals surface area contributed by atoms with Gasteiger partial charge in [0.25, 0.3) is 5.82 Å². The Balaban J connectivity index is 1.97. The van der Waals surface area contributed by atoms with Crippen molar-refractivity contribution in [3.8, 4) is 0 Å². The highest BCUT2D eigenvalue weighted by atomic mass is 15.1. The molecule has 1 aromatic heterocycles. The molecule has 0 amide bonds. The van der Waals surface area contributed by atoms with Crippen LogP contribution in [0.4, 0.5) is 11.5 Å². The summed E-state index contributed by atoms with van der Waals surface area (Å²) >= 11 is 0. The van der Waals surface area contributed by atoms with Crippen molar-refractivity contribution >= 4 is 11.5 Å². The largest absolute Gasteiger partial charge is 0.317 e. The fourth-order valence-corrected chi connectivity index (χ4v) is 1.97. The third-order valence-corrected chi connectivity index (χ3v) is 3.12. The Labute approximate surface area is 115 Å². The van der Waals surface area contributed by atoms with E-state index in [4.69, 9.17) is 0 Å². The van der Waals surface area contributed by atoms with E-state index in [-0.39, 0.29) is 0 Å². The van der Waals surface area contributed by atoms with Crippen LogP contribution in [0.3, 0.4) is 0 Å². The minimum atomic E-state index is 1.03. The lowest BCUT2D eigenvalue weighted by Crippen LogP contribution is -2.30. The summed E-state index contributed by atoms with van der Waals surface area (Å²) in [5.74, 6) is 1.09. The van der Waals surface area contributed by atoms with Crippen LogP contribution in [0.1, 0.15) is 12.5 Å². The van der Waals surface area contributed by atoms with E-state index in [0.29, 0.717) is 0 Å². The molecule has 0 fully saturated rings. The summed E-state index contributed by atoms with van der Waals surface area (Å²) in [5, 5.41) is 6.75. The Morgan fingerprint density at radius 3 is 2.53 bits per heavy atom. The van der Waals surface area contributed by atoms with E-state index in [1.54, 1.807) is 0 Å². The van der Waals surface area contributed by atoms with Crippen LogP contribution in [0.5, 0.6) is 0 Å². The van der Waals surface area contributed by atoms with Crippen LogP contribution in [0.15, 0.2) is 48.7 Å². The first-order chi connectivity index (χ1) is 9.29. The summed E-state index contributed by atoms with van der Waals surface area (Å²) in [6.07, 6.45) is 3.11. The molecule has 100 valence electrons. The summed E-state index contributed by atoms with van der Waals surface area (Å²) < 4.78 is 2.07. The minimum Gasteiger partial charge on any atom is -0.317 e. The standard InChI is InChI=1S/C16H21N3/c1-3-17-12-11-14-7-9-15(10-8-14)18-16-6-4-5-13-19(16)2/h4-10,13,17H,3,11-12H2,1-2H3/p+1. The average Bonchev–Trinajstić information content (AvgIpc) is 2.44. The van der Waals surface area contributed by atoms with Crippen molar-refractivity contribution < 1.29 is 4.57 Å². The first-order valence-electron chi connectivity index (χ1n) is 6.81. The second-order valence-corrected chi connectivity index (χ2v) is 4.62. The third-order valence-electron chi connectivity index (χ3n) is 3.12. The lowest BCUT2D eigenvalue weighted by Gasteiger charge is -2.05. The number of rotatable bonds is 6. The van der Waals surface area contributed by atoms with Gasteiger partial charge in [-0.05, 0) is 43.3 Å². The van der Waals surface area contributed by atoms with E-state index in [1.165, 1.54) is 5.56 Å². The van der Waals surface area contributed by atoms with E-state index in [9.17, 15) is 0 Å². The van der Waals surface area contributed by atoms with Crippen molar-refractivity contribution in [2.75, 3.05) is 18.4 Å². The average molecular weight is 256 g/mol. The first kappa shape index (κ1) is 13.6. The van der Waals surface area contributed by atoms with Crippen molar-refractivity contribution in [1.82, 2.24) is 5.32 Å². The number of anilines is 2. The van der Waals surface area contributed by atoms with E-state index >= 15 is 0 Å². The summed E-state index contributed by atoms with van der Waals surface area (Å²) in [7, 11) is 2.03. The second kappa shape index (κ2) is 6.90. The van der Waals surface area contributed by atoms with Crippen LogP contribution in [0, 0.1) is 0 Å². The van der Waals surface area contributed by atoms with Crippen LogP contribution in [-0.2, 0) is 13.5 Å². The number of nitrogens with zero attached hydrogens (tertiary/aromatic N) is 1. The van der Waals surface area contributed by atoms with E-state index in [2.05, 4.69) is 52.5 Å². The van der Waals surface area contributed by atoms with Crippen molar-refractivity contribution in [1.29, 1.82) is 0 Å². The molecule has 1 heterocycles. The summed E-state index contributed by atoms with van der Waals surface area (Å²) in [6, 6.07) is 14.8. The predicted octanol–water partition coefficient (Wildman–Crippen LogP) is 2.41. The molecule has 0 bridgehead atoms. The lowest BCUT2D eigenvalue weighted by atomic mass is 10.1. The molecule has 0 radical (unpaired) electrons. The van der Waals surface area contributed by atoms with Gasteiger partial charge in [0.2, 0.25) is 0 Å². The molecule has 3 nitrogen and oxygen atoms in total. The van der Waals surface area contributed by atoms with Crippen LogP contribution in [0.2, 0.25) is 0 Å². The van der Waals surface area contributed by atoms with Crippen molar-refractivity contribution in [2.24, 2.45) is 7.05 Å². The van der Waals surface area contributed by atoms with Gasteiger partial charge in [-0.25, -0.2) is 9.88 Å². The van der Waals surface area contributed by atoms with Crippen LogP contribution in [-0.4, -0.2) is 13.1 Å². The second-order valence-electron chi connectivity index (χ2n) is 4.62. The molecule has 0 spiro atoms. The van der Waals surface area contributed by atoms with Gasteiger partial charge in [0.05, 0.1) is 13.2 Å². The lowest BCUT2D eigenvalue weighted by molar-refractivity contribution is -0.657. The maximum absolute atomic E-state index is 3.41. The predicted molar refractivity (Wildman–Crippen MR) is 79.6 cm³/mol. The van der Waals surface area contributed by atoms with Gasteiger partial charge in [0, 0.05) is 6.07 Å². The Bertz CT molecular complexity index is 506. The number of hydrogen-bond acceptors (Lipinski definition) is 2. The van der Waals surface area contributed by atoms with Crippen molar-refractivity contribution in [2.45, 2.75) is 13.3 Å². The van der Waals surface area contributed by atoms with Crippen LogP contribution in [0.25, 0.3) is 0 Å². The van der Waals surface area contributed by atoms with E-state index in [0.717, 1.165) is 31.0 Å². The van der Waals surface area contributed by atoms with E-state index < -0.39 is 0 Å². The SMILES string of the molecule is CCNCCc1ccc(Nc2cccc[n+]2C)cc1. The normalized spacial score (nSPS) is 10.4. The molecule has 0 aliphatic heterocycles. The molecule has 1 aromatic carbocycles. The Hall–Kier alpha value is -1.87. The molecule has 0 aliphatic rings. The number of nitrogens with one attached hydrogen (secondary N) is 2. The maximum Gasteiger partial charge on any atom is 0.279 e. The van der Waals surface area contributed by atoms with Crippen LogP contribution < -0.4 is 15.2 Å². The van der Waals surface area contributed by atoms with Gasteiger partial charge in [-0.2, -0.15) is 0 Å². The van der Waals surface area contributed by atoms with Crippen molar-refractivity contribution in [3.63, 3.8) is 0 Å². The number of aryl methyl sites for hydroxylation is 1. The fraction of sp³-hybridized carbons (Fsp3) is 0.312. The van der Waals surface area contributed by atoms with Gasteiger partial charge in [-0.3, -0.25) is 0 Å². The highest BCUT2D eigenvalue weighted by molar-refractivity contribution is 5.54. The Morgan fingerprint density at radius 2 is 1.84 bits per heavy atom. The first-order valence-corrected chi connectivity index (χ1v) is 6.81. The molecular formula is C16H22N3+. The van der Waals surface area contributed by atoms with Gasteiger partial charge in [-0.1, -0.05) is 25.1 Å². The summed E-state index contributed by atoms with van der Waals surface area (Å²) in [4.78, 5) is 0. The molecule has 2 aromatic rings. The van der Waals surface area contributed by atoms with Gasteiger partial charge in [0.15, 0.2) is 0 Å². The zero-order valence-electron chi connectivity index (χ0n) is 11.7. The monoisotopic (exact) mass is 256 g/mol. The Kier molecular flexibility index (Phi) is 4.93. The molecule has 0 saturated carbocycles. The third kappa shape index (κ3) is 4.07. The summed E-state index contributed by atoms with van der Waals surface area (Å²) in [6.45, 7) is 4.20. The zero-order valence-corrected chi connectivity index (χ0v) is 11.7. The molecule has 0 saturated heterocycles. The zero-order chi connectivity index (χ0) is 13.5. The van der Waals surface area contributed by atoms with Gasteiger partial charge in [-0.15, -0.1) is 0 Å². The smallest absolute Gasteiger partial charge is 0.279 e.